The Labute approximate surface area is 114 Å². The van der Waals surface area contributed by atoms with E-state index in [-0.39, 0.29) is 0 Å². The average Bonchev–Trinajstić information content (AvgIpc) is 2.26. The predicted octanol–water partition coefficient (Wildman–Crippen LogP) is 5.54. The summed E-state index contributed by atoms with van der Waals surface area (Å²) >= 11 is 0. The van der Waals surface area contributed by atoms with Gasteiger partial charge >= 0.3 is 0 Å². The van der Waals surface area contributed by atoms with Gasteiger partial charge in [0.05, 0.1) is 0 Å². The first-order valence-electron chi connectivity index (χ1n) is 8.14. The van der Waals surface area contributed by atoms with Crippen LogP contribution in [0.4, 0.5) is 0 Å². The molecule has 0 aromatic rings. The highest BCUT2D eigenvalue weighted by molar-refractivity contribution is 5.16. The number of allylic oxidation sites excluding steroid dienone is 2. The van der Waals surface area contributed by atoms with Gasteiger partial charge in [0.2, 0.25) is 0 Å². The Hall–Kier alpha value is -0.260. The topological polar surface area (TPSA) is 0 Å². The van der Waals surface area contributed by atoms with Crippen molar-refractivity contribution < 1.29 is 0 Å². The molecule has 0 saturated heterocycles. The van der Waals surface area contributed by atoms with Gasteiger partial charge in [0.15, 0.2) is 0 Å². The third kappa shape index (κ3) is 2.40. The zero-order valence-electron chi connectivity index (χ0n) is 13.2. The highest BCUT2D eigenvalue weighted by atomic mass is 14.5. The Morgan fingerprint density at radius 1 is 1.22 bits per heavy atom. The van der Waals surface area contributed by atoms with E-state index < -0.39 is 0 Å². The van der Waals surface area contributed by atoms with Crippen LogP contribution in [0.2, 0.25) is 0 Å². The molecular weight excluding hydrogens is 216 g/mol. The number of hydrogen-bond acceptors (Lipinski definition) is 0. The van der Waals surface area contributed by atoms with Crippen LogP contribution in [-0.2, 0) is 0 Å². The predicted molar refractivity (Wildman–Crippen MR) is 80.4 cm³/mol. The van der Waals surface area contributed by atoms with E-state index in [2.05, 4.69) is 47.6 Å². The lowest BCUT2D eigenvalue weighted by molar-refractivity contribution is 0.0541. The standard InChI is InChI=1S/C18H32/c1-7-12(3)17-14(5)10-16-9-11(2)8-13(4)18(16)15(17)6/h10-13,15-18H,7-9H2,1-6H3/t11-,12?,13+,15-,16+,17-,18-/m1/s1. The summed E-state index contributed by atoms with van der Waals surface area (Å²) in [5.74, 6) is 6.25. The maximum atomic E-state index is 2.66. The van der Waals surface area contributed by atoms with Gasteiger partial charge < -0.3 is 0 Å². The second kappa shape index (κ2) is 5.39. The largest absolute Gasteiger partial charge is 0.0819 e. The molecule has 2 aliphatic carbocycles. The van der Waals surface area contributed by atoms with Crippen LogP contribution in [0.3, 0.4) is 0 Å². The minimum absolute atomic E-state index is 0.840. The lowest BCUT2D eigenvalue weighted by atomic mass is 9.56. The normalized spacial score (nSPS) is 46.2. The van der Waals surface area contributed by atoms with E-state index in [0.29, 0.717) is 0 Å². The van der Waals surface area contributed by atoms with E-state index in [1.54, 1.807) is 5.57 Å². The molecule has 0 bridgehead atoms. The molecule has 2 aliphatic rings. The van der Waals surface area contributed by atoms with E-state index >= 15 is 0 Å². The van der Waals surface area contributed by atoms with Gasteiger partial charge in [-0.05, 0) is 61.2 Å². The van der Waals surface area contributed by atoms with E-state index in [1.807, 2.05) is 0 Å². The minimum Gasteiger partial charge on any atom is -0.0819 e. The van der Waals surface area contributed by atoms with Crippen LogP contribution in [0.1, 0.15) is 60.8 Å². The fourth-order valence-electron chi connectivity index (χ4n) is 5.34. The quantitative estimate of drug-likeness (QED) is 0.563. The summed E-state index contributed by atoms with van der Waals surface area (Å²) in [6.07, 6.45) is 6.87. The Kier molecular flexibility index (Phi) is 4.24. The van der Waals surface area contributed by atoms with Crippen LogP contribution in [0, 0.1) is 41.4 Å². The fourth-order valence-corrected chi connectivity index (χ4v) is 5.34. The molecule has 1 fully saturated rings. The van der Waals surface area contributed by atoms with Crippen molar-refractivity contribution >= 4 is 0 Å². The maximum Gasteiger partial charge on any atom is -0.0152 e. The highest BCUT2D eigenvalue weighted by Crippen LogP contribution is 2.51. The van der Waals surface area contributed by atoms with Crippen molar-refractivity contribution in [2.45, 2.75) is 60.8 Å². The minimum atomic E-state index is 0.840. The molecule has 7 atom stereocenters. The zero-order valence-corrected chi connectivity index (χ0v) is 13.2. The molecule has 18 heavy (non-hydrogen) atoms. The summed E-state index contributed by atoms with van der Waals surface area (Å²) in [5.41, 5.74) is 1.69. The van der Waals surface area contributed by atoms with Crippen molar-refractivity contribution in [1.82, 2.24) is 0 Å². The van der Waals surface area contributed by atoms with Crippen molar-refractivity contribution in [2.75, 3.05) is 0 Å². The van der Waals surface area contributed by atoms with Crippen molar-refractivity contribution in [3.63, 3.8) is 0 Å². The third-order valence-corrected chi connectivity index (χ3v) is 6.03. The van der Waals surface area contributed by atoms with Gasteiger partial charge in [-0.3, -0.25) is 0 Å². The summed E-state index contributed by atoms with van der Waals surface area (Å²) < 4.78 is 0. The Morgan fingerprint density at radius 2 is 1.89 bits per heavy atom. The van der Waals surface area contributed by atoms with Crippen molar-refractivity contribution in [3.8, 4) is 0 Å². The lowest BCUT2D eigenvalue weighted by Gasteiger charge is -2.49. The van der Waals surface area contributed by atoms with Gasteiger partial charge in [0.25, 0.3) is 0 Å². The molecule has 0 aliphatic heterocycles. The fraction of sp³-hybridized carbons (Fsp3) is 0.889. The summed E-state index contributed by atoms with van der Waals surface area (Å²) in [4.78, 5) is 0. The molecule has 0 spiro atoms. The molecule has 0 nitrogen and oxygen atoms in total. The van der Waals surface area contributed by atoms with Gasteiger partial charge in [-0.15, -0.1) is 0 Å². The van der Waals surface area contributed by atoms with E-state index in [4.69, 9.17) is 0 Å². The van der Waals surface area contributed by atoms with E-state index in [0.717, 1.165) is 41.4 Å². The third-order valence-electron chi connectivity index (χ3n) is 6.03. The van der Waals surface area contributed by atoms with Crippen LogP contribution < -0.4 is 0 Å². The van der Waals surface area contributed by atoms with E-state index in [9.17, 15) is 0 Å². The summed E-state index contributed by atoms with van der Waals surface area (Å²) in [7, 11) is 0. The molecule has 0 radical (unpaired) electrons. The summed E-state index contributed by atoms with van der Waals surface area (Å²) in [6.45, 7) is 14.7. The molecule has 0 amide bonds. The number of rotatable bonds is 2. The van der Waals surface area contributed by atoms with Crippen molar-refractivity contribution in [1.29, 1.82) is 0 Å². The van der Waals surface area contributed by atoms with Crippen LogP contribution in [0.15, 0.2) is 11.6 Å². The smallest absolute Gasteiger partial charge is 0.0152 e. The molecule has 0 heterocycles. The van der Waals surface area contributed by atoms with Gasteiger partial charge in [0, 0.05) is 0 Å². The Morgan fingerprint density at radius 3 is 2.50 bits per heavy atom. The number of fused-ring (bicyclic) bond motifs is 1. The average molecular weight is 248 g/mol. The first-order chi connectivity index (χ1) is 8.45. The van der Waals surface area contributed by atoms with Gasteiger partial charge in [-0.1, -0.05) is 52.7 Å². The number of hydrogen-bond donors (Lipinski definition) is 0. The second-order valence-corrected chi connectivity index (χ2v) is 7.48. The van der Waals surface area contributed by atoms with Gasteiger partial charge in [-0.2, -0.15) is 0 Å². The summed E-state index contributed by atoms with van der Waals surface area (Å²) in [6, 6.07) is 0. The molecule has 0 heteroatoms. The SMILES string of the molecule is CCC(C)[C@@H]1C(C)=C[C@@H]2C[C@H](C)C[C@H](C)[C@@H]2[C@@H]1C. The first-order valence-corrected chi connectivity index (χ1v) is 8.14. The molecule has 104 valence electrons. The molecule has 0 aromatic heterocycles. The lowest BCUT2D eigenvalue weighted by Crippen LogP contribution is -2.41. The molecule has 0 aromatic carbocycles. The molecule has 2 rings (SSSR count). The van der Waals surface area contributed by atoms with E-state index in [1.165, 1.54) is 19.3 Å². The van der Waals surface area contributed by atoms with Crippen LogP contribution >= 0.6 is 0 Å². The Balaban J connectivity index is 2.27. The maximum absolute atomic E-state index is 2.66. The van der Waals surface area contributed by atoms with Crippen molar-refractivity contribution in [3.05, 3.63) is 11.6 Å². The van der Waals surface area contributed by atoms with Crippen LogP contribution in [-0.4, -0.2) is 0 Å². The van der Waals surface area contributed by atoms with Gasteiger partial charge in [0.1, 0.15) is 0 Å². The van der Waals surface area contributed by atoms with Crippen molar-refractivity contribution in [2.24, 2.45) is 41.4 Å². The molecular formula is C18H32. The second-order valence-electron chi connectivity index (χ2n) is 7.48. The van der Waals surface area contributed by atoms with Gasteiger partial charge in [-0.25, -0.2) is 0 Å². The first kappa shape index (κ1) is 14.2. The monoisotopic (exact) mass is 248 g/mol. The summed E-state index contributed by atoms with van der Waals surface area (Å²) in [5, 5.41) is 0. The van der Waals surface area contributed by atoms with Crippen LogP contribution in [0.5, 0.6) is 0 Å². The molecule has 0 N–H and O–H groups in total. The van der Waals surface area contributed by atoms with Crippen LogP contribution in [0.25, 0.3) is 0 Å². The molecule has 1 unspecified atom stereocenters. The Bertz CT molecular complexity index is 314. The highest BCUT2D eigenvalue weighted by Gasteiger charge is 2.43. The molecule has 1 saturated carbocycles. The zero-order chi connectivity index (χ0) is 13.4.